The number of fused-ring (bicyclic) bond motifs is 5. The van der Waals surface area contributed by atoms with Gasteiger partial charge >= 0.3 is 0 Å². The zero-order chi connectivity index (χ0) is 23.1. The summed E-state index contributed by atoms with van der Waals surface area (Å²) in [6, 6.07) is 31.5. The molecule has 0 aliphatic heterocycles. The summed E-state index contributed by atoms with van der Waals surface area (Å²) in [6.45, 7) is 4.11. The van der Waals surface area contributed by atoms with Crippen LogP contribution >= 0.6 is 22.7 Å². The predicted octanol–water partition coefficient (Wildman–Crippen LogP) is 10.7. The minimum Gasteiger partial charge on any atom is -0.134 e. The molecule has 0 atom stereocenters. The van der Waals surface area contributed by atoms with Gasteiger partial charge in [0.05, 0.1) is 9.40 Å². The Bertz CT molecular complexity index is 1560. The number of allylic oxidation sites excluding steroid dienone is 2. The summed E-state index contributed by atoms with van der Waals surface area (Å²) in [4.78, 5) is 0. The van der Waals surface area contributed by atoms with Crippen LogP contribution in [0.1, 0.15) is 25.0 Å². The van der Waals surface area contributed by atoms with E-state index in [2.05, 4.69) is 123 Å². The molecule has 0 aliphatic rings. The summed E-state index contributed by atoms with van der Waals surface area (Å²) < 4.78 is 5.54. The fourth-order valence-electron chi connectivity index (χ4n) is 4.57. The minimum atomic E-state index is 1.24. The SMILES string of the molecule is CC=Cc1ccc(-c2ccc3c(c2)sc2c4ccc(-c5ccc(C=CC)cc5)cc4sc32)cc1. The van der Waals surface area contributed by atoms with Crippen molar-refractivity contribution in [2.45, 2.75) is 13.8 Å². The molecule has 0 unspecified atom stereocenters. The van der Waals surface area contributed by atoms with Crippen LogP contribution in [0.4, 0.5) is 0 Å². The third-order valence-corrected chi connectivity index (χ3v) is 8.79. The lowest BCUT2D eigenvalue weighted by molar-refractivity contribution is 1.62. The van der Waals surface area contributed by atoms with Gasteiger partial charge in [-0.2, -0.15) is 0 Å². The summed E-state index contributed by atoms with van der Waals surface area (Å²) >= 11 is 3.84. The van der Waals surface area contributed by atoms with Crippen molar-refractivity contribution < 1.29 is 0 Å². The molecule has 0 nitrogen and oxygen atoms in total. The van der Waals surface area contributed by atoms with Crippen molar-refractivity contribution in [3.63, 3.8) is 0 Å². The highest BCUT2D eigenvalue weighted by Crippen LogP contribution is 2.45. The second kappa shape index (κ2) is 8.72. The van der Waals surface area contributed by atoms with E-state index in [0.29, 0.717) is 0 Å². The second-order valence-electron chi connectivity index (χ2n) is 8.53. The van der Waals surface area contributed by atoms with Gasteiger partial charge < -0.3 is 0 Å². The van der Waals surface area contributed by atoms with Gasteiger partial charge in [0.1, 0.15) is 0 Å². The molecular formula is C32H24S2. The zero-order valence-electron chi connectivity index (χ0n) is 19.2. The van der Waals surface area contributed by atoms with E-state index in [0.717, 1.165) is 0 Å². The van der Waals surface area contributed by atoms with Crippen LogP contribution in [0, 0.1) is 0 Å². The molecule has 2 heteroatoms. The first-order valence-electron chi connectivity index (χ1n) is 11.6. The van der Waals surface area contributed by atoms with Crippen LogP contribution in [0.2, 0.25) is 0 Å². The molecule has 34 heavy (non-hydrogen) atoms. The van der Waals surface area contributed by atoms with Gasteiger partial charge in [0.25, 0.3) is 0 Å². The van der Waals surface area contributed by atoms with Crippen molar-refractivity contribution >= 4 is 64.4 Å². The Morgan fingerprint density at radius 1 is 0.471 bits per heavy atom. The molecule has 0 fully saturated rings. The minimum absolute atomic E-state index is 1.24. The molecule has 0 saturated heterocycles. The van der Waals surface area contributed by atoms with E-state index >= 15 is 0 Å². The monoisotopic (exact) mass is 472 g/mol. The van der Waals surface area contributed by atoms with Gasteiger partial charge in [-0.25, -0.2) is 0 Å². The molecular weight excluding hydrogens is 448 g/mol. The lowest BCUT2D eigenvalue weighted by atomic mass is 10.0. The van der Waals surface area contributed by atoms with E-state index < -0.39 is 0 Å². The quantitative estimate of drug-likeness (QED) is 0.239. The van der Waals surface area contributed by atoms with Gasteiger partial charge in [-0.1, -0.05) is 97.1 Å². The molecule has 164 valence electrons. The highest BCUT2D eigenvalue weighted by atomic mass is 32.1. The van der Waals surface area contributed by atoms with Gasteiger partial charge in [-0.05, 0) is 59.4 Å². The standard InChI is InChI=1S/C32H24S2/c1-3-5-21-7-11-23(12-8-21)25-15-17-27-29(19-25)33-32-28-18-16-26(20-30(28)34-31(27)32)24-13-9-22(6-4-2)10-14-24/h3-20H,1-2H3. The highest BCUT2D eigenvalue weighted by Gasteiger charge is 2.13. The molecule has 2 aromatic heterocycles. The van der Waals surface area contributed by atoms with Crippen molar-refractivity contribution in [1.29, 1.82) is 0 Å². The van der Waals surface area contributed by atoms with Crippen LogP contribution in [0.15, 0.2) is 97.1 Å². The van der Waals surface area contributed by atoms with Gasteiger partial charge in [0.2, 0.25) is 0 Å². The Kier molecular flexibility index (Phi) is 5.41. The molecule has 0 N–H and O–H groups in total. The second-order valence-corrected chi connectivity index (χ2v) is 10.6. The fraction of sp³-hybridized carbons (Fsp3) is 0.0625. The first-order chi connectivity index (χ1) is 16.7. The van der Waals surface area contributed by atoms with Crippen molar-refractivity contribution in [3.8, 4) is 22.3 Å². The average molecular weight is 473 g/mol. The van der Waals surface area contributed by atoms with E-state index in [4.69, 9.17) is 0 Å². The molecule has 6 rings (SSSR count). The molecule has 0 amide bonds. The largest absolute Gasteiger partial charge is 0.134 e. The van der Waals surface area contributed by atoms with Crippen LogP contribution in [0.5, 0.6) is 0 Å². The lowest BCUT2D eigenvalue weighted by Gasteiger charge is -2.03. The Hall–Kier alpha value is -3.46. The highest BCUT2D eigenvalue weighted by molar-refractivity contribution is 7.36. The van der Waals surface area contributed by atoms with Crippen LogP contribution in [0.3, 0.4) is 0 Å². The Morgan fingerprint density at radius 3 is 1.24 bits per heavy atom. The number of benzene rings is 4. The number of rotatable bonds is 4. The molecule has 0 bridgehead atoms. The average Bonchev–Trinajstić information content (AvgIpc) is 3.40. The summed E-state index contributed by atoms with van der Waals surface area (Å²) in [7, 11) is 0. The number of thiophene rings is 2. The molecule has 6 aromatic rings. The van der Waals surface area contributed by atoms with Gasteiger partial charge in [-0.15, -0.1) is 22.7 Å². The van der Waals surface area contributed by atoms with E-state index in [1.165, 1.54) is 63.0 Å². The number of hydrogen-bond acceptors (Lipinski definition) is 2. The summed E-state index contributed by atoms with van der Waals surface area (Å²) in [5.41, 5.74) is 7.57. The van der Waals surface area contributed by atoms with Gasteiger partial charge in [-0.3, -0.25) is 0 Å². The van der Waals surface area contributed by atoms with Crippen molar-refractivity contribution in [3.05, 3.63) is 108 Å². The summed E-state index contributed by atoms with van der Waals surface area (Å²) in [5, 5.41) is 2.74. The first-order valence-corrected chi connectivity index (χ1v) is 13.2. The van der Waals surface area contributed by atoms with Crippen LogP contribution < -0.4 is 0 Å². The maximum Gasteiger partial charge on any atom is 0.0542 e. The molecule has 0 radical (unpaired) electrons. The van der Waals surface area contributed by atoms with E-state index in [-0.39, 0.29) is 0 Å². The smallest absolute Gasteiger partial charge is 0.0542 e. The Labute approximate surface area is 208 Å². The summed E-state index contributed by atoms with van der Waals surface area (Å²) in [6.07, 6.45) is 8.42. The maximum absolute atomic E-state index is 2.35. The normalized spacial score (nSPS) is 12.2. The topological polar surface area (TPSA) is 0 Å². The van der Waals surface area contributed by atoms with E-state index in [9.17, 15) is 0 Å². The van der Waals surface area contributed by atoms with E-state index in [1.54, 1.807) is 0 Å². The van der Waals surface area contributed by atoms with Crippen molar-refractivity contribution in [2.75, 3.05) is 0 Å². The van der Waals surface area contributed by atoms with Crippen LogP contribution in [0.25, 0.3) is 64.0 Å². The van der Waals surface area contributed by atoms with Crippen LogP contribution in [-0.4, -0.2) is 0 Å². The third kappa shape index (κ3) is 3.69. The zero-order valence-corrected chi connectivity index (χ0v) is 20.8. The van der Waals surface area contributed by atoms with Gasteiger partial charge in [0.15, 0.2) is 0 Å². The molecule has 0 saturated carbocycles. The molecule has 4 aromatic carbocycles. The molecule has 2 heterocycles. The van der Waals surface area contributed by atoms with Crippen molar-refractivity contribution in [1.82, 2.24) is 0 Å². The maximum atomic E-state index is 2.35. The van der Waals surface area contributed by atoms with E-state index in [1.807, 2.05) is 22.7 Å². The Balaban J connectivity index is 1.39. The fourth-order valence-corrected chi connectivity index (χ4v) is 7.31. The third-order valence-electron chi connectivity index (χ3n) is 6.29. The summed E-state index contributed by atoms with van der Waals surface area (Å²) in [5.74, 6) is 0. The van der Waals surface area contributed by atoms with Crippen LogP contribution in [-0.2, 0) is 0 Å². The van der Waals surface area contributed by atoms with Crippen molar-refractivity contribution in [2.24, 2.45) is 0 Å². The molecule has 0 aliphatic carbocycles. The first kappa shape index (κ1) is 21.1. The number of hydrogen-bond donors (Lipinski definition) is 0. The Morgan fingerprint density at radius 2 is 0.853 bits per heavy atom. The molecule has 0 spiro atoms. The predicted molar refractivity (Wildman–Crippen MR) is 155 cm³/mol. The van der Waals surface area contributed by atoms with Gasteiger partial charge in [0, 0.05) is 20.2 Å². The lowest BCUT2D eigenvalue weighted by Crippen LogP contribution is -1.78.